The van der Waals surface area contributed by atoms with Crippen molar-refractivity contribution in [3.63, 3.8) is 0 Å². The van der Waals surface area contributed by atoms with E-state index in [1.165, 1.54) is 16.3 Å². The van der Waals surface area contributed by atoms with Crippen LogP contribution in [0.15, 0.2) is 53.9 Å². The largest absolute Gasteiger partial charge is 0.470 e. The minimum Gasteiger partial charge on any atom is -0.470 e. The third-order valence-electron chi connectivity index (χ3n) is 4.73. The summed E-state index contributed by atoms with van der Waals surface area (Å²) in [5.41, 5.74) is 1.77. The first-order valence-electron chi connectivity index (χ1n) is 8.15. The molecule has 124 valence electrons. The quantitative estimate of drug-likeness (QED) is 0.878. The minimum atomic E-state index is -0.141. The zero-order chi connectivity index (χ0) is 16.7. The first-order valence-corrected chi connectivity index (χ1v) is 9.44. The molecule has 0 saturated heterocycles. The maximum absolute atomic E-state index is 12.3. The Morgan fingerprint density at radius 1 is 1.12 bits per heavy atom. The molecule has 2 aromatic rings. The highest BCUT2D eigenvalue weighted by molar-refractivity contribution is 7.99. The van der Waals surface area contributed by atoms with Gasteiger partial charge in [-0.15, -0.1) is 11.8 Å². The lowest BCUT2D eigenvalue weighted by Gasteiger charge is -2.38. The van der Waals surface area contributed by atoms with E-state index in [9.17, 15) is 4.79 Å². The standard InChI is InChI=1S/C19H20N2O2S/c1-11-10-15-17(22)20-19(24-2)21-18(15)23-16(11)14-9-5-7-12-6-3-4-8-13(12)14/h3-9,11,16,19,21H,10H2,1-2H3,(H,20,22). The van der Waals surface area contributed by atoms with Crippen LogP contribution in [0.3, 0.4) is 0 Å². The van der Waals surface area contributed by atoms with Crippen molar-refractivity contribution in [2.75, 3.05) is 6.26 Å². The zero-order valence-electron chi connectivity index (χ0n) is 13.7. The van der Waals surface area contributed by atoms with Crippen molar-refractivity contribution in [2.24, 2.45) is 5.92 Å². The fraction of sp³-hybridized carbons (Fsp3) is 0.316. The second-order valence-corrected chi connectivity index (χ2v) is 7.27. The third kappa shape index (κ3) is 2.53. The summed E-state index contributed by atoms with van der Waals surface area (Å²) >= 11 is 1.55. The number of amides is 1. The summed E-state index contributed by atoms with van der Waals surface area (Å²) in [5, 5.41) is 8.66. The Hall–Kier alpha value is -2.14. The van der Waals surface area contributed by atoms with Gasteiger partial charge < -0.3 is 15.4 Å². The maximum atomic E-state index is 12.3. The molecule has 0 bridgehead atoms. The summed E-state index contributed by atoms with van der Waals surface area (Å²) in [5.74, 6) is 0.841. The maximum Gasteiger partial charge on any atom is 0.254 e. The van der Waals surface area contributed by atoms with Crippen molar-refractivity contribution in [1.82, 2.24) is 10.6 Å². The van der Waals surface area contributed by atoms with Crippen molar-refractivity contribution >= 4 is 28.4 Å². The monoisotopic (exact) mass is 340 g/mol. The van der Waals surface area contributed by atoms with Crippen LogP contribution in [0.2, 0.25) is 0 Å². The molecule has 2 aliphatic rings. The first-order chi connectivity index (χ1) is 11.7. The Kier molecular flexibility index (Phi) is 3.88. The van der Waals surface area contributed by atoms with E-state index in [-0.39, 0.29) is 23.4 Å². The molecule has 0 saturated carbocycles. The van der Waals surface area contributed by atoms with E-state index in [0.717, 1.165) is 5.57 Å². The van der Waals surface area contributed by atoms with E-state index in [1.807, 2.05) is 12.3 Å². The molecule has 0 radical (unpaired) electrons. The van der Waals surface area contributed by atoms with Gasteiger partial charge in [0.2, 0.25) is 0 Å². The van der Waals surface area contributed by atoms with Gasteiger partial charge in [0.25, 0.3) is 5.91 Å². The van der Waals surface area contributed by atoms with Gasteiger partial charge in [-0.05, 0) is 23.4 Å². The van der Waals surface area contributed by atoms with Crippen LogP contribution in [-0.4, -0.2) is 17.7 Å². The van der Waals surface area contributed by atoms with Crippen molar-refractivity contribution in [1.29, 1.82) is 0 Å². The van der Waals surface area contributed by atoms with E-state index < -0.39 is 0 Å². The number of carbonyl (C=O) groups is 1. The third-order valence-corrected chi connectivity index (χ3v) is 5.43. The van der Waals surface area contributed by atoms with Crippen molar-refractivity contribution in [3.05, 3.63) is 59.5 Å². The number of fused-ring (bicyclic) bond motifs is 1. The Morgan fingerprint density at radius 3 is 2.75 bits per heavy atom. The van der Waals surface area contributed by atoms with Gasteiger partial charge in [-0.1, -0.05) is 49.4 Å². The van der Waals surface area contributed by atoms with E-state index in [2.05, 4.69) is 54.0 Å². The summed E-state index contributed by atoms with van der Waals surface area (Å²) < 4.78 is 6.29. The molecule has 5 heteroatoms. The molecule has 2 N–H and O–H groups in total. The summed E-state index contributed by atoms with van der Waals surface area (Å²) in [7, 11) is 0. The SMILES string of the molecule is CSC1NC(=O)C2=C(N1)OC(c1cccc3ccccc13)C(C)C2. The second kappa shape index (κ2) is 6.06. The van der Waals surface area contributed by atoms with Gasteiger partial charge in [0.05, 0.1) is 5.57 Å². The number of thioether (sulfide) groups is 1. The van der Waals surface area contributed by atoms with Gasteiger partial charge in [0.1, 0.15) is 11.6 Å². The van der Waals surface area contributed by atoms with Crippen LogP contribution in [-0.2, 0) is 9.53 Å². The van der Waals surface area contributed by atoms with Gasteiger partial charge in [0.15, 0.2) is 5.88 Å². The number of carbonyl (C=O) groups excluding carboxylic acids is 1. The molecule has 24 heavy (non-hydrogen) atoms. The van der Waals surface area contributed by atoms with E-state index in [4.69, 9.17) is 4.74 Å². The van der Waals surface area contributed by atoms with Gasteiger partial charge in [-0.2, -0.15) is 0 Å². The van der Waals surface area contributed by atoms with E-state index in [1.54, 1.807) is 11.8 Å². The molecule has 3 unspecified atom stereocenters. The number of rotatable bonds is 2. The smallest absolute Gasteiger partial charge is 0.254 e. The summed E-state index contributed by atoms with van der Waals surface area (Å²) in [6.07, 6.45) is 2.61. The van der Waals surface area contributed by atoms with Gasteiger partial charge >= 0.3 is 0 Å². The fourth-order valence-electron chi connectivity index (χ4n) is 3.50. The minimum absolute atomic E-state index is 0.0219. The predicted octanol–water partition coefficient (Wildman–Crippen LogP) is 3.51. The van der Waals surface area contributed by atoms with Gasteiger partial charge in [-0.3, -0.25) is 4.79 Å². The predicted molar refractivity (Wildman–Crippen MR) is 97.2 cm³/mol. The molecule has 2 aliphatic heterocycles. The van der Waals surface area contributed by atoms with Crippen LogP contribution >= 0.6 is 11.8 Å². The summed E-state index contributed by atoms with van der Waals surface area (Å²) in [4.78, 5) is 12.3. The summed E-state index contributed by atoms with van der Waals surface area (Å²) in [6, 6.07) is 14.7. The van der Waals surface area contributed by atoms with Crippen molar-refractivity contribution < 1.29 is 9.53 Å². The Bertz CT molecular complexity index is 828. The Morgan fingerprint density at radius 2 is 1.92 bits per heavy atom. The molecular formula is C19H20N2O2S. The second-order valence-electron chi connectivity index (χ2n) is 6.33. The van der Waals surface area contributed by atoms with Crippen LogP contribution in [0.5, 0.6) is 0 Å². The van der Waals surface area contributed by atoms with Crippen LogP contribution in [0.25, 0.3) is 10.8 Å². The molecule has 0 spiro atoms. The molecule has 4 nitrogen and oxygen atoms in total. The van der Waals surface area contributed by atoms with Crippen LogP contribution in [0.4, 0.5) is 0 Å². The molecule has 1 amide bonds. The van der Waals surface area contributed by atoms with Crippen LogP contribution in [0, 0.1) is 5.92 Å². The lowest BCUT2D eigenvalue weighted by Crippen LogP contribution is -2.50. The number of hydrogen-bond donors (Lipinski definition) is 2. The van der Waals surface area contributed by atoms with Gasteiger partial charge in [0, 0.05) is 11.5 Å². The molecule has 2 aromatic carbocycles. The zero-order valence-corrected chi connectivity index (χ0v) is 14.5. The average molecular weight is 340 g/mol. The van der Waals surface area contributed by atoms with Crippen LogP contribution in [0.1, 0.15) is 25.0 Å². The van der Waals surface area contributed by atoms with Gasteiger partial charge in [-0.25, -0.2) is 0 Å². The highest BCUT2D eigenvalue weighted by Crippen LogP contribution is 2.41. The molecule has 0 aliphatic carbocycles. The van der Waals surface area contributed by atoms with E-state index in [0.29, 0.717) is 12.3 Å². The highest BCUT2D eigenvalue weighted by Gasteiger charge is 2.37. The number of nitrogens with one attached hydrogen (secondary N) is 2. The number of ether oxygens (including phenoxy) is 1. The number of benzene rings is 2. The highest BCUT2D eigenvalue weighted by atomic mass is 32.2. The Labute approximate surface area is 145 Å². The molecule has 0 fully saturated rings. The van der Waals surface area contributed by atoms with Crippen molar-refractivity contribution in [2.45, 2.75) is 24.9 Å². The van der Waals surface area contributed by atoms with Crippen molar-refractivity contribution in [3.8, 4) is 0 Å². The average Bonchev–Trinajstić information content (AvgIpc) is 2.61. The lowest BCUT2D eigenvalue weighted by atomic mass is 9.86. The molecule has 0 aromatic heterocycles. The number of hydrogen-bond acceptors (Lipinski definition) is 4. The molecule has 3 atom stereocenters. The first kappa shape index (κ1) is 15.4. The van der Waals surface area contributed by atoms with Crippen LogP contribution < -0.4 is 10.6 Å². The normalized spacial score (nSPS) is 26.4. The fourth-order valence-corrected chi connectivity index (χ4v) is 3.95. The molecule has 4 rings (SSSR count). The Balaban J connectivity index is 1.74. The summed E-state index contributed by atoms with van der Waals surface area (Å²) in [6.45, 7) is 2.14. The van der Waals surface area contributed by atoms with E-state index >= 15 is 0 Å². The lowest BCUT2D eigenvalue weighted by molar-refractivity contribution is -0.120. The molecular weight excluding hydrogens is 320 g/mol. The topological polar surface area (TPSA) is 50.4 Å². The molecule has 2 heterocycles.